The molecular weight excluding hydrogens is 212 g/mol. The Bertz CT molecular complexity index is 490. The molecule has 0 saturated heterocycles. The zero-order chi connectivity index (χ0) is 10.9. The van der Waals surface area contributed by atoms with Crippen molar-refractivity contribution in [2.45, 2.75) is 17.4 Å². The van der Waals surface area contributed by atoms with Gasteiger partial charge in [0.25, 0.3) is 0 Å². The van der Waals surface area contributed by atoms with E-state index < -0.39 is 10.0 Å². The van der Waals surface area contributed by atoms with Crippen LogP contribution in [0.5, 0.6) is 0 Å². The second-order valence-corrected chi connectivity index (χ2v) is 5.23. The van der Waals surface area contributed by atoms with Crippen molar-refractivity contribution < 1.29 is 8.42 Å². The maximum Gasteiger partial charge on any atom is 0.240 e. The Balaban J connectivity index is 2.13. The van der Waals surface area contributed by atoms with Crippen LogP contribution in [0.2, 0.25) is 0 Å². The average Bonchev–Trinajstić information content (AvgIpc) is 2.97. The Morgan fingerprint density at radius 1 is 1.33 bits per heavy atom. The van der Waals surface area contributed by atoms with E-state index in [0.717, 1.165) is 0 Å². The Kier molecular flexibility index (Phi) is 2.47. The summed E-state index contributed by atoms with van der Waals surface area (Å²) in [5.74, 6) is -0.163. The molecule has 78 valence electrons. The van der Waals surface area contributed by atoms with Crippen LogP contribution in [0.3, 0.4) is 0 Å². The predicted molar refractivity (Wildman–Crippen MR) is 54.3 cm³/mol. The van der Waals surface area contributed by atoms with Gasteiger partial charge in [0.15, 0.2) is 0 Å². The van der Waals surface area contributed by atoms with Gasteiger partial charge in [0, 0.05) is 6.04 Å². The van der Waals surface area contributed by atoms with E-state index in [1.165, 1.54) is 12.1 Å². The minimum absolute atomic E-state index is 0.163. The Morgan fingerprint density at radius 3 is 2.53 bits per heavy atom. The summed E-state index contributed by atoms with van der Waals surface area (Å²) in [5, 5.41) is 8.56. The lowest BCUT2D eigenvalue weighted by atomic mass is 10.4. The summed E-state index contributed by atoms with van der Waals surface area (Å²) in [6.45, 7) is 0. The van der Waals surface area contributed by atoms with Gasteiger partial charge in [-0.05, 0) is 18.6 Å². The van der Waals surface area contributed by atoms with Crippen molar-refractivity contribution in [3.8, 4) is 6.07 Å². The van der Waals surface area contributed by atoms with Crippen molar-refractivity contribution in [2.24, 2.45) is 5.92 Å². The fourth-order valence-electron chi connectivity index (χ4n) is 1.33. The Labute approximate surface area is 88.6 Å². The van der Waals surface area contributed by atoms with Crippen LogP contribution in [0.15, 0.2) is 35.2 Å². The Morgan fingerprint density at radius 2 is 2.00 bits per heavy atom. The van der Waals surface area contributed by atoms with E-state index in [-0.39, 0.29) is 16.9 Å². The molecule has 1 fully saturated rings. The van der Waals surface area contributed by atoms with Gasteiger partial charge in [0.1, 0.15) is 0 Å². The van der Waals surface area contributed by atoms with Gasteiger partial charge in [-0.2, -0.15) is 5.26 Å². The van der Waals surface area contributed by atoms with Gasteiger partial charge >= 0.3 is 0 Å². The van der Waals surface area contributed by atoms with Crippen LogP contribution in [0.4, 0.5) is 0 Å². The molecule has 0 amide bonds. The standard InChI is InChI=1S/C10H10N2O2S/c11-7-8-6-10(8)12-15(13,14)9-4-2-1-3-5-9/h1-5,8,10,12H,6H2. The molecule has 0 aliphatic heterocycles. The molecule has 4 nitrogen and oxygen atoms in total. The monoisotopic (exact) mass is 222 g/mol. The molecule has 0 spiro atoms. The topological polar surface area (TPSA) is 70.0 Å². The van der Waals surface area contributed by atoms with E-state index in [4.69, 9.17) is 5.26 Å². The number of nitriles is 1. The molecule has 0 heterocycles. The zero-order valence-corrected chi connectivity index (χ0v) is 8.74. The molecule has 15 heavy (non-hydrogen) atoms. The third kappa shape index (κ3) is 2.17. The SMILES string of the molecule is N#CC1CC1NS(=O)(=O)c1ccccc1. The Hall–Kier alpha value is -1.38. The van der Waals surface area contributed by atoms with Crippen molar-refractivity contribution in [3.63, 3.8) is 0 Å². The number of rotatable bonds is 3. The van der Waals surface area contributed by atoms with Crippen LogP contribution >= 0.6 is 0 Å². The van der Waals surface area contributed by atoms with Crippen LogP contribution in [-0.2, 0) is 10.0 Å². The van der Waals surface area contributed by atoms with Gasteiger partial charge in [-0.3, -0.25) is 0 Å². The molecule has 2 rings (SSSR count). The summed E-state index contributed by atoms with van der Waals surface area (Å²) in [7, 11) is -3.44. The predicted octanol–water partition coefficient (Wildman–Crippen LogP) is 0.877. The molecule has 1 aromatic rings. The molecule has 0 aromatic heterocycles. The third-order valence-electron chi connectivity index (χ3n) is 2.32. The quantitative estimate of drug-likeness (QED) is 0.825. The number of benzene rings is 1. The maximum atomic E-state index is 11.7. The highest BCUT2D eigenvalue weighted by atomic mass is 32.2. The van der Waals surface area contributed by atoms with Gasteiger partial charge in [0.2, 0.25) is 10.0 Å². The van der Waals surface area contributed by atoms with E-state index in [9.17, 15) is 8.42 Å². The zero-order valence-electron chi connectivity index (χ0n) is 7.92. The summed E-state index contributed by atoms with van der Waals surface area (Å²) in [4.78, 5) is 0.244. The van der Waals surface area contributed by atoms with Gasteiger partial charge in [0.05, 0.1) is 16.9 Å². The first-order chi connectivity index (χ1) is 7.13. The highest BCUT2D eigenvalue weighted by Gasteiger charge is 2.40. The van der Waals surface area contributed by atoms with Crippen LogP contribution in [-0.4, -0.2) is 14.5 Å². The van der Waals surface area contributed by atoms with Crippen LogP contribution < -0.4 is 4.72 Å². The fourth-order valence-corrected chi connectivity index (χ4v) is 2.65. The summed E-state index contributed by atoms with van der Waals surface area (Å²) >= 11 is 0. The van der Waals surface area contributed by atoms with Crippen molar-refractivity contribution in [1.82, 2.24) is 4.72 Å². The molecule has 1 aliphatic rings. The first-order valence-corrected chi connectivity index (χ1v) is 6.09. The number of nitrogens with zero attached hydrogens (tertiary/aromatic N) is 1. The lowest BCUT2D eigenvalue weighted by molar-refractivity contribution is 0.579. The van der Waals surface area contributed by atoms with E-state index >= 15 is 0 Å². The highest BCUT2D eigenvalue weighted by molar-refractivity contribution is 7.89. The molecule has 1 aliphatic carbocycles. The van der Waals surface area contributed by atoms with Crippen molar-refractivity contribution >= 4 is 10.0 Å². The van der Waals surface area contributed by atoms with E-state index in [0.29, 0.717) is 6.42 Å². The van der Waals surface area contributed by atoms with Gasteiger partial charge in [-0.15, -0.1) is 0 Å². The molecule has 0 bridgehead atoms. The highest BCUT2D eigenvalue weighted by Crippen LogP contribution is 2.30. The van der Waals surface area contributed by atoms with E-state index in [1.807, 2.05) is 6.07 Å². The molecule has 5 heteroatoms. The molecule has 2 unspecified atom stereocenters. The molecular formula is C10H10N2O2S. The smallest absolute Gasteiger partial charge is 0.207 e. The lowest BCUT2D eigenvalue weighted by Crippen LogP contribution is -2.26. The number of hydrogen-bond acceptors (Lipinski definition) is 3. The van der Waals surface area contributed by atoms with Gasteiger partial charge < -0.3 is 0 Å². The minimum Gasteiger partial charge on any atom is -0.207 e. The van der Waals surface area contributed by atoms with E-state index in [1.54, 1.807) is 18.2 Å². The molecule has 2 atom stereocenters. The van der Waals surface area contributed by atoms with Crippen molar-refractivity contribution in [2.75, 3.05) is 0 Å². The summed E-state index contributed by atoms with van der Waals surface area (Å²) in [6.07, 6.45) is 0.614. The fraction of sp³-hybridized carbons (Fsp3) is 0.300. The summed E-state index contributed by atoms with van der Waals surface area (Å²) in [6, 6.07) is 9.99. The van der Waals surface area contributed by atoms with Crippen LogP contribution in [0.1, 0.15) is 6.42 Å². The second-order valence-electron chi connectivity index (χ2n) is 3.51. The summed E-state index contributed by atoms with van der Waals surface area (Å²) in [5.41, 5.74) is 0. The van der Waals surface area contributed by atoms with Gasteiger partial charge in [-0.25, -0.2) is 13.1 Å². The first kappa shape index (κ1) is 10.1. The van der Waals surface area contributed by atoms with Crippen LogP contribution in [0.25, 0.3) is 0 Å². The number of sulfonamides is 1. The van der Waals surface area contributed by atoms with Gasteiger partial charge in [-0.1, -0.05) is 18.2 Å². The summed E-state index contributed by atoms with van der Waals surface area (Å²) < 4.78 is 25.9. The number of nitrogens with one attached hydrogen (secondary N) is 1. The second kappa shape index (κ2) is 3.65. The molecule has 1 saturated carbocycles. The van der Waals surface area contributed by atoms with E-state index in [2.05, 4.69) is 4.72 Å². The normalized spacial score (nSPS) is 24.5. The first-order valence-electron chi connectivity index (χ1n) is 4.60. The van der Waals surface area contributed by atoms with Crippen molar-refractivity contribution in [3.05, 3.63) is 30.3 Å². The lowest BCUT2D eigenvalue weighted by Gasteiger charge is -2.04. The third-order valence-corrected chi connectivity index (χ3v) is 3.82. The molecule has 1 N–H and O–H groups in total. The molecule has 0 radical (unpaired) electrons. The maximum absolute atomic E-state index is 11.7. The van der Waals surface area contributed by atoms with Crippen molar-refractivity contribution in [1.29, 1.82) is 5.26 Å². The van der Waals surface area contributed by atoms with Crippen LogP contribution in [0, 0.1) is 17.2 Å². The minimum atomic E-state index is -3.44. The largest absolute Gasteiger partial charge is 0.240 e. The number of hydrogen-bond donors (Lipinski definition) is 1. The molecule has 1 aromatic carbocycles. The average molecular weight is 222 g/mol.